The lowest BCUT2D eigenvalue weighted by Crippen LogP contribution is -2.43. The van der Waals surface area contributed by atoms with E-state index < -0.39 is 0 Å². The number of piperidine rings is 1. The Morgan fingerprint density at radius 3 is 2.77 bits per heavy atom. The van der Waals surface area contributed by atoms with E-state index in [0.29, 0.717) is 19.5 Å². The number of rotatable bonds is 8. The molecule has 1 aliphatic rings. The van der Waals surface area contributed by atoms with Crippen molar-refractivity contribution in [2.75, 3.05) is 31.6 Å². The number of anilines is 1. The summed E-state index contributed by atoms with van der Waals surface area (Å²) in [5.41, 5.74) is 2.94. The molecule has 1 saturated heterocycles. The SMILES string of the molecule is COc1ccc(-c2nc(CCNC(=O)C3CCCN(c4ccc(-c5cccs5)nn4)C3)cs2)cc1. The fourth-order valence-corrected chi connectivity index (χ4v) is 5.75. The third kappa shape index (κ3) is 5.68. The van der Waals surface area contributed by atoms with Crippen molar-refractivity contribution in [3.63, 3.8) is 0 Å². The number of benzene rings is 1. The number of carbonyl (C=O) groups excluding carboxylic acids is 1. The minimum Gasteiger partial charge on any atom is -0.497 e. The molecule has 5 rings (SSSR count). The quantitative estimate of drug-likeness (QED) is 0.366. The molecular formula is C26H27N5O2S2. The van der Waals surface area contributed by atoms with Crippen molar-refractivity contribution in [1.82, 2.24) is 20.5 Å². The summed E-state index contributed by atoms with van der Waals surface area (Å²) in [4.78, 5) is 20.9. The fourth-order valence-electron chi connectivity index (χ4n) is 4.19. The molecule has 0 aliphatic carbocycles. The third-order valence-electron chi connectivity index (χ3n) is 6.11. The van der Waals surface area contributed by atoms with E-state index in [2.05, 4.69) is 25.8 Å². The number of thiazole rings is 1. The Hall–Kier alpha value is -3.30. The van der Waals surface area contributed by atoms with Gasteiger partial charge in [-0.2, -0.15) is 0 Å². The normalized spacial score (nSPS) is 15.7. The van der Waals surface area contributed by atoms with Crippen LogP contribution in [0.15, 0.2) is 59.3 Å². The summed E-state index contributed by atoms with van der Waals surface area (Å²) in [6, 6.07) is 16.0. The Morgan fingerprint density at radius 2 is 2.03 bits per heavy atom. The fraction of sp³-hybridized carbons (Fsp3) is 0.308. The van der Waals surface area contributed by atoms with Gasteiger partial charge in [0.2, 0.25) is 5.91 Å². The first kappa shape index (κ1) is 23.4. The molecule has 0 saturated carbocycles. The molecule has 1 unspecified atom stereocenters. The second kappa shape index (κ2) is 11.0. The van der Waals surface area contributed by atoms with E-state index >= 15 is 0 Å². The van der Waals surface area contributed by atoms with Crippen LogP contribution < -0.4 is 15.0 Å². The van der Waals surface area contributed by atoms with Gasteiger partial charge in [0.15, 0.2) is 5.82 Å². The van der Waals surface area contributed by atoms with Gasteiger partial charge in [0, 0.05) is 37.0 Å². The summed E-state index contributed by atoms with van der Waals surface area (Å²) in [6.45, 7) is 2.14. The highest BCUT2D eigenvalue weighted by atomic mass is 32.1. The first-order valence-electron chi connectivity index (χ1n) is 11.7. The number of methoxy groups -OCH3 is 1. The summed E-state index contributed by atoms with van der Waals surface area (Å²) >= 11 is 3.27. The number of hydrogen-bond acceptors (Lipinski definition) is 8. The zero-order valence-corrected chi connectivity index (χ0v) is 21.1. The molecule has 1 aromatic carbocycles. The van der Waals surface area contributed by atoms with Crippen LogP contribution in [0.1, 0.15) is 18.5 Å². The summed E-state index contributed by atoms with van der Waals surface area (Å²) in [5, 5.41) is 17.0. The van der Waals surface area contributed by atoms with E-state index in [-0.39, 0.29) is 11.8 Å². The van der Waals surface area contributed by atoms with Crippen LogP contribution >= 0.6 is 22.7 Å². The second-order valence-electron chi connectivity index (χ2n) is 8.45. The van der Waals surface area contributed by atoms with Gasteiger partial charge < -0.3 is 15.0 Å². The number of thiophene rings is 1. The number of amides is 1. The van der Waals surface area contributed by atoms with Gasteiger partial charge >= 0.3 is 0 Å². The maximum atomic E-state index is 12.9. The summed E-state index contributed by atoms with van der Waals surface area (Å²) in [6.07, 6.45) is 2.57. The second-order valence-corrected chi connectivity index (χ2v) is 10.3. The first-order valence-corrected chi connectivity index (χ1v) is 13.4. The highest BCUT2D eigenvalue weighted by Gasteiger charge is 2.26. The third-order valence-corrected chi connectivity index (χ3v) is 7.94. The lowest BCUT2D eigenvalue weighted by molar-refractivity contribution is -0.125. The van der Waals surface area contributed by atoms with E-state index in [9.17, 15) is 4.79 Å². The van der Waals surface area contributed by atoms with E-state index in [1.54, 1.807) is 29.8 Å². The van der Waals surface area contributed by atoms with Gasteiger partial charge in [-0.3, -0.25) is 4.79 Å². The lowest BCUT2D eigenvalue weighted by atomic mass is 9.97. The Bertz CT molecular complexity index is 1240. The molecule has 180 valence electrons. The summed E-state index contributed by atoms with van der Waals surface area (Å²) < 4.78 is 5.22. The highest BCUT2D eigenvalue weighted by Crippen LogP contribution is 2.27. The van der Waals surface area contributed by atoms with Gasteiger partial charge in [0.05, 0.1) is 23.6 Å². The zero-order valence-electron chi connectivity index (χ0n) is 19.5. The standard InChI is InChI=1S/C26H27N5O2S2/c1-33-21-8-6-18(7-9-21)26-28-20(17-35-26)12-13-27-25(32)19-4-2-14-31(16-19)24-11-10-22(29-30-24)23-5-3-15-34-23/h3,5-11,15,17,19H,2,4,12-14,16H2,1H3,(H,27,32). The van der Waals surface area contributed by atoms with Crippen LogP contribution in [0, 0.1) is 5.92 Å². The van der Waals surface area contributed by atoms with Gasteiger partial charge in [-0.25, -0.2) is 4.98 Å². The Balaban J connectivity index is 1.12. The van der Waals surface area contributed by atoms with Crippen molar-refractivity contribution >= 4 is 34.4 Å². The maximum Gasteiger partial charge on any atom is 0.224 e. The molecule has 1 N–H and O–H groups in total. The van der Waals surface area contributed by atoms with E-state index in [4.69, 9.17) is 9.72 Å². The Kier molecular flexibility index (Phi) is 7.34. The molecule has 35 heavy (non-hydrogen) atoms. The van der Waals surface area contributed by atoms with Crippen LogP contribution in [0.3, 0.4) is 0 Å². The van der Waals surface area contributed by atoms with Gasteiger partial charge in [0.25, 0.3) is 0 Å². The number of aromatic nitrogens is 3. The average molecular weight is 506 g/mol. The van der Waals surface area contributed by atoms with Gasteiger partial charge in [0.1, 0.15) is 16.5 Å². The Labute approximate surface area is 212 Å². The van der Waals surface area contributed by atoms with Crippen LogP contribution in [0.25, 0.3) is 21.1 Å². The molecule has 3 aromatic heterocycles. The largest absolute Gasteiger partial charge is 0.497 e. The Morgan fingerprint density at radius 1 is 1.14 bits per heavy atom. The van der Waals surface area contributed by atoms with Crippen molar-refractivity contribution in [2.24, 2.45) is 5.92 Å². The number of carbonyl (C=O) groups is 1. The van der Waals surface area contributed by atoms with Crippen molar-refractivity contribution in [3.05, 3.63) is 65.0 Å². The predicted molar refractivity (Wildman–Crippen MR) is 141 cm³/mol. The average Bonchev–Trinajstić information content (AvgIpc) is 3.62. The number of nitrogens with zero attached hydrogens (tertiary/aromatic N) is 4. The van der Waals surface area contributed by atoms with E-state index in [1.165, 1.54) is 0 Å². The monoisotopic (exact) mass is 505 g/mol. The molecule has 7 nitrogen and oxygen atoms in total. The first-order chi connectivity index (χ1) is 17.2. The van der Waals surface area contributed by atoms with Crippen LogP contribution in [0.5, 0.6) is 5.75 Å². The van der Waals surface area contributed by atoms with Crippen molar-refractivity contribution in [1.29, 1.82) is 0 Å². The number of nitrogens with one attached hydrogen (secondary N) is 1. The van der Waals surface area contributed by atoms with Crippen molar-refractivity contribution in [3.8, 4) is 26.9 Å². The molecule has 0 bridgehead atoms. The predicted octanol–water partition coefficient (Wildman–Crippen LogP) is 4.91. The van der Waals surface area contributed by atoms with Crippen LogP contribution in [0.2, 0.25) is 0 Å². The molecule has 1 aliphatic heterocycles. The number of hydrogen-bond donors (Lipinski definition) is 1. The van der Waals surface area contributed by atoms with Crippen molar-refractivity contribution < 1.29 is 9.53 Å². The zero-order chi connectivity index (χ0) is 24.0. The molecule has 1 fully saturated rings. The molecule has 0 radical (unpaired) electrons. The molecular weight excluding hydrogens is 478 g/mol. The topological polar surface area (TPSA) is 80.2 Å². The lowest BCUT2D eigenvalue weighted by Gasteiger charge is -2.32. The summed E-state index contributed by atoms with van der Waals surface area (Å²) in [7, 11) is 1.66. The molecule has 1 amide bonds. The van der Waals surface area contributed by atoms with Gasteiger partial charge in [-0.1, -0.05) is 6.07 Å². The summed E-state index contributed by atoms with van der Waals surface area (Å²) in [5.74, 6) is 1.71. The van der Waals surface area contributed by atoms with Gasteiger partial charge in [-0.05, 0) is 60.7 Å². The van der Waals surface area contributed by atoms with Crippen LogP contribution in [0.4, 0.5) is 5.82 Å². The van der Waals surface area contributed by atoms with Crippen LogP contribution in [-0.2, 0) is 11.2 Å². The molecule has 0 spiro atoms. The minimum absolute atomic E-state index is 0.0483. The van der Waals surface area contributed by atoms with Gasteiger partial charge in [-0.15, -0.1) is 32.9 Å². The smallest absolute Gasteiger partial charge is 0.224 e. The minimum atomic E-state index is -0.0483. The van der Waals surface area contributed by atoms with Crippen molar-refractivity contribution in [2.45, 2.75) is 19.3 Å². The molecule has 4 aromatic rings. The van der Waals surface area contributed by atoms with Crippen LogP contribution in [-0.4, -0.2) is 47.8 Å². The maximum absolute atomic E-state index is 12.9. The highest BCUT2D eigenvalue weighted by molar-refractivity contribution is 7.13. The number of ether oxygens (including phenoxy) is 1. The van der Waals surface area contributed by atoms with E-state index in [1.807, 2.05) is 53.9 Å². The van der Waals surface area contributed by atoms with E-state index in [0.717, 1.165) is 57.8 Å². The molecule has 4 heterocycles. The molecule has 9 heteroatoms. The molecule has 1 atom stereocenters.